The monoisotopic (exact) mass is 166 g/mol. The first-order chi connectivity index (χ1) is 5.86. The zero-order valence-corrected chi connectivity index (χ0v) is 7.16. The van der Waals surface area contributed by atoms with E-state index in [1.807, 2.05) is 0 Å². The Morgan fingerprint density at radius 2 is 2.08 bits per heavy atom. The van der Waals surface area contributed by atoms with Gasteiger partial charge >= 0.3 is 0 Å². The fraction of sp³-hybridized carbons (Fsp3) is 0.700. The highest BCUT2D eigenvalue weighted by atomic mass is 16.5. The van der Waals surface area contributed by atoms with Gasteiger partial charge in [0.25, 0.3) is 0 Å². The van der Waals surface area contributed by atoms with Gasteiger partial charge in [0.05, 0.1) is 6.10 Å². The lowest BCUT2D eigenvalue weighted by Gasteiger charge is -2.24. The van der Waals surface area contributed by atoms with Crippen LogP contribution in [-0.4, -0.2) is 19.0 Å². The van der Waals surface area contributed by atoms with Crippen molar-refractivity contribution in [2.45, 2.75) is 31.8 Å². The number of terminal acetylenes is 1. The van der Waals surface area contributed by atoms with Crippen LogP contribution in [0, 0.1) is 18.3 Å². The van der Waals surface area contributed by atoms with Gasteiger partial charge in [0.1, 0.15) is 12.9 Å². The van der Waals surface area contributed by atoms with Crippen molar-refractivity contribution in [2.75, 3.05) is 6.61 Å². The van der Waals surface area contributed by atoms with Crippen LogP contribution in [0.3, 0.4) is 0 Å². The van der Waals surface area contributed by atoms with Crippen molar-refractivity contribution in [3.63, 3.8) is 0 Å². The molecule has 2 nitrogen and oxygen atoms in total. The average molecular weight is 166 g/mol. The highest BCUT2D eigenvalue weighted by Gasteiger charge is 2.20. The number of aldehydes is 1. The van der Waals surface area contributed by atoms with E-state index in [0.29, 0.717) is 6.61 Å². The molecule has 0 aromatic rings. The van der Waals surface area contributed by atoms with Gasteiger partial charge in [-0.2, -0.15) is 0 Å². The molecular weight excluding hydrogens is 152 g/mol. The molecule has 0 spiro atoms. The number of carbonyl (C=O) groups excluding carboxylic acids is 1. The van der Waals surface area contributed by atoms with Crippen LogP contribution >= 0.6 is 0 Å². The predicted octanol–water partition coefficient (Wildman–Crippen LogP) is 1.39. The summed E-state index contributed by atoms with van der Waals surface area (Å²) in [6.45, 7) is 0.399. The largest absolute Gasteiger partial charge is 0.366 e. The van der Waals surface area contributed by atoms with E-state index in [1.54, 1.807) is 0 Å². The maximum Gasteiger partial charge on any atom is 0.123 e. The van der Waals surface area contributed by atoms with Gasteiger partial charge in [-0.15, -0.1) is 6.42 Å². The number of carbonyl (C=O) groups is 1. The van der Waals surface area contributed by atoms with E-state index in [9.17, 15) is 4.79 Å². The van der Waals surface area contributed by atoms with Crippen LogP contribution in [0.25, 0.3) is 0 Å². The number of hydrogen-bond donors (Lipinski definition) is 0. The maximum atomic E-state index is 10.4. The number of rotatable bonds is 3. The standard InChI is InChI=1S/C10H14O2/c1-2-7-12-10-5-3-9(8-11)4-6-10/h1,8-10H,3-7H2. The third kappa shape index (κ3) is 2.67. The topological polar surface area (TPSA) is 26.3 Å². The summed E-state index contributed by atoms with van der Waals surface area (Å²) in [7, 11) is 0. The van der Waals surface area contributed by atoms with E-state index >= 15 is 0 Å². The fourth-order valence-corrected chi connectivity index (χ4v) is 1.56. The summed E-state index contributed by atoms with van der Waals surface area (Å²) >= 11 is 0. The lowest BCUT2D eigenvalue weighted by molar-refractivity contribution is -0.112. The van der Waals surface area contributed by atoms with E-state index in [4.69, 9.17) is 11.2 Å². The molecule has 1 aliphatic rings. The minimum Gasteiger partial charge on any atom is -0.366 e. The lowest BCUT2D eigenvalue weighted by Crippen LogP contribution is -2.22. The second-order valence-electron chi connectivity index (χ2n) is 3.19. The zero-order valence-electron chi connectivity index (χ0n) is 7.16. The van der Waals surface area contributed by atoms with Crippen molar-refractivity contribution in [1.29, 1.82) is 0 Å². The van der Waals surface area contributed by atoms with Crippen LogP contribution in [0.15, 0.2) is 0 Å². The van der Waals surface area contributed by atoms with Gasteiger partial charge in [0, 0.05) is 5.92 Å². The van der Waals surface area contributed by atoms with E-state index in [2.05, 4.69) is 5.92 Å². The highest BCUT2D eigenvalue weighted by Crippen LogP contribution is 2.24. The van der Waals surface area contributed by atoms with Gasteiger partial charge in [-0.3, -0.25) is 0 Å². The molecule has 0 aliphatic heterocycles. The highest BCUT2D eigenvalue weighted by molar-refractivity contribution is 5.53. The molecule has 1 fully saturated rings. The summed E-state index contributed by atoms with van der Waals surface area (Å²) in [5.41, 5.74) is 0. The normalized spacial score (nSPS) is 29.2. The summed E-state index contributed by atoms with van der Waals surface area (Å²) in [6, 6.07) is 0. The molecule has 0 heterocycles. The quantitative estimate of drug-likeness (QED) is 0.468. The molecule has 0 unspecified atom stereocenters. The molecule has 0 aromatic carbocycles. The lowest BCUT2D eigenvalue weighted by atomic mass is 9.88. The average Bonchev–Trinajstić information content (AvgIpc) is 2.15. The molecule has 12 heavy (non-hydrogen) atoms. The molecule has 2 heteroatoms. The second-order valence-corrected chi connectivity index (χ2v) is 3.19. The molecule has 0 radical (unpaired) electrons. The van der Waals surface area contributed by atoms with Crippen LogP contribution < -0.4 is 0 Å². The predicted molar refractivity (Wildman–Crippen MR) is 46.6 cm³/mol. The zero-order chi connectivity index (χ0) is 8.81. The molecule has 1 saturated carbocycles. The molecule has 0 amide bonds. The van der Waals surface area contributed by atoms with Gasteiger partial charge in [0.2, 0.25) is 0 Å². The first-order valence-corrected chi connectivity index (χ1v) is 4.37. The van der Waals surface area contributed by atoms with Crippen LogP contribution in [0.1, 0.15) is 25.7 Å². The van der Waals surface area contributed by atoms with Crippen molar-refractivity contribution in [3.05, 3.63) is 0 Å². The Balaban J connectivity index is 2.18. The van der Waals surface area contributed by atoms with Crippen LogP contribution in [0.5, 0.6) is 0 Å². The Hall–Kier alpha value is -0.810. The summed E-state index contributed by atoms with van der Waals surface area (Å²) in [5.74, 6) is 2.71. The van der Waals surface area contributed by atoms with E-state index < -0.39 is 0 Å². The first-order valence-electron chi connectivity index (χ1n) is 4.37. The SMILES string of the molecule is C#CCOC1CCC(C=O)CC1. The molecule has 0 N–H and O–H groups in total. The molecular formula is C10H14O2. The molecule has 66 valence electrons. The van der Waals surface area contributed by atoms with Crippen molar-refractivity contribution >= 4 is 6.29 Å². The third-order valence-electron chi connectivity index (χ3n) is 2.31. The van der Waals surface area contributed by atoms with Gasteiger partial charge in [-0.05, 0) is 25.7 Å². The second kappa shape index (κ2) is 4.95. The van der Waals surface area contributed by atoms with Crippen LogP contribution in [-0.2, 0) is 9.53 Å². The molecule has 1 rings (SSSR count). The fourth-order valence-electron chi connectivity index (χ4n) is 1.56. The van der Waals surface area contributed by atoms with Gasteiger partial charge < -0.3 is 9.53 Å². The first kappa shape index (κ1) is 9.28. The van der Waals surface area contributed by atoms with E-state index in [1.165, 1.54) is 0 Å². The molecule has 0 saturated heterocycles. The smallest absolute Gasteiger partial charge is 0.123 e. The Morgan fingerprint density at radius 1 is 1.42 bits per heavy atom. The molecule has 0 aromatic heterocycles. The Kier molecular flexibility index (Phi) is 3.83. The van der Waals surface area contributed by atoms with Gasteiger partial charge in [-0.1, -0.05) is 5.92 Å². The Labute approximate surface area is 73.3 Å². The summed E-state index contributed by atoms with van der Waals surface area (Å²) in [4.78, 5) is 10.4. The van der Waals surface area contributed by atoms with Crippen LogP contribution in [0.4, 0.5) is 0 Å². The van der Waals surface area contributed by atoms with E-state index in [-0.39, 0.29) is 12.0 Å². The minimum atomic E-state index is 0.260. The van der Waals surface area contributed by atoms with Crippen molar-refractivity contribution < 1.29 is 9.53 Å². The van der Waals surface area contributed by atoms with Crippen LogP contribution in [0.2, 0.25) is 0 Å². The summed E-state index contributed by atoms with van der Waals surface area (Å²) < 4.78 is 5.37. The minimum absolute atomic E-state index is 0.260. The molecule has 0 bridgehead atoms. The van der Waals surface area contributed by atoms with Crippen molar-refractivity contribution in [3.8, 4) is 12.3 Å². The number of ether oxygens (including phenoxy) is 1. The molecule has 1 aliphatic carbocycles. The van der Waals surface area contributed by atoms with E-state index in [0.717, 1.165) is 32.0 Å². The summed E-state index contributed by atoms with van der Waals surface area (Å²) in [5, 5.41) is 0. The molecule has 0 atom stereocenters. The summed E-state index contributed by atoms with van der Waals surface area (Å²) in [6.07, 6.45) is 10.3. The van der Waals surface area contributed by atoms with Gasteiger partial charge in [-0.25, -0.2) is 0 Å². The Morgan fingerprint density at radius 3 is 2.58 bits per heavy atom. The third-order valence-corrected chi connectivity index (χ3v) is 2.31. The van der Waals surface area contributed by atoms with Crippen molar-refractivity contribution in [1.82, 2.24) is 0 Å². The Bertz CT molecular complexity index is 173. The maximum absolute atomic E-state index is 10.4. The van der Waals surface area contributed by atoms with Gasteiger partial charge in [0.15, 0.2) is 0 Å². The number of hydrogen-bond acceptors (Lipinski definition) is 2. The van der Waals surface area contributed by atoms with Crippen molar-refractivity contribution in [2.24, 2.45) is 5.92 Å².